The van der Waals surface area contributed by atoms with E-state index in [-0.39, 0.29) is 5.41 Å². The molecule has 0 spiro atoms. The van der Waals surface area contributed by atoms with Crippen LogP contribution in [0.5, 0.6) is 0 Å². The van der Waals surface area contributed by atoms with Crippen molar-refractivity contribution in [1.29, 1.82) is 0 Å². The summed E-state index contributed by atoms with van der Waals surface area (Å²) in [6.07, 6.45) is 1.83. The van der Waals surface area contributed by atoms with Crippen molar-refractivity contribution in [3.8, 4) is 0 Å². The molecule has 1 amide bonds. The van der Waals surface area contributed by atoms with Gasteiger partial charge in [-0.05, 0) is 23.0 Å². The number of carbonyl (C=O) groups excluding carboxylic acids is 1. The first-order valence-electron chi connectivity index (χ1n) is 6.27. The van der Waals surface area contributed by atoms with E-state index in [0.717, 1.165) is 31.7 Å². The monoisotopic (exact) mass is 243 g/mol. The molecule has 0 aromatic heterocycles. The molecular weight excluding hydrogens is 218 g/mol. The van der Waals surface area contributed by atoms with Crippen molar-refractivity contribution in [2.45, 2.75) is 40.5 Å². The fourth-order valence-corrected chi connectivity index (χ4v) is 2.53. The van der Waals surface area contributed by atoms with Gasteiger partial charge in [-0.15, -0.1) is 0 Å². The maximum Gasteiger partial charge on any atom is 0.222 e. The Labute approximate surface area is 105 Å². The Morgan fingerprint density at radius 3 is 2.50 bits per heavy atom. The predicted molar refractivity (Wildman–Crippen MR) is 71.8 cm³/mol. The zero-order valence-corrected chi connectivity index (χ0v) is 11.9. The summed E-state index contributed by atoms with van der Waals surface area (Å²) in [5.41, 5.74) is 0.243. The molecule has 94 valence electrons. The molecule has 2 atom stereocenters. The number of nitrogens with zero attached hydrogens (tertiary/aromatic N) is 1. The van der Waals surface area contributed by atoms with Gasteiger partial charge in [0.25, 0.3) is 0 Å². The van der Waals surface area contributed by atoms with Crippen LogP contribution in [0.1, 0.15) is 40.5 Å². The smallest absolute Gasteiger partial charge is 0.222 e. The van der Waals surface area contributed by atoms with Crippen molar-refractivity contribution in [3.05, 3.63) is 0 Å². The summed E-state index contributed by atoms with van der Waals surface area (Å²) in [4.78, 5) is 13.9. The van der Waals surface area contributed by atoms with Crippen LogP contribution in [0.25, 0.3) is 0 Å². The fraction of sp³-hybridized carbons (Fsp3) is 0.923. The van der Waals surface area contributed by atoms with Crippen molar-refractivity contribution < 1.29 is 4.79 Å². The molecule has 1 aliphatic rings. The first-order chi connectivity index (χ1) is 7.38. The SMILES string of the molecule is CCC(CS)CN1CC(C(C)(C)C)CC1=O. The van der Waals surface area contributed by atoms with Crippen molar-refractivity contribution in [2.24, 2.45) is 17.3 Å². The van der Waals surface area contributed by atoms with Gasteiger partial charge in [0.05, 0.1) is 0 Å². The molecule has 2 nitrogen and oxygen atoms in total. The second-order valence-electron chi connectivity index (χ2n) is 6.02. The summed E-state index contributed by atoms with van der Waals surface area (Å²) in [6, 6.07) is 0. The second kappa shape index (κ2) is 5.44. The van der Waals surface area contributed by atoms with Crippen LogP contribution < -0.4 is 0 Å². The summed E-state index contributed by atoms with van der Waals surface area (Å²) >= 11 is 4.34. The minimum atomic E-state index is 0.243. The van der Waals surface area contributed by atoms with Crippen LogP contribution in [0.3, 0.4) is 0 Å². The number of hydrogen-bond donors (Lipinski definition) is 1. The number of carbonyl (C=O) groups is 1. The maximum atomic E-state index is 11.9. The molecule has 1 aliphatic heterocycles. The lowest BCUT2D eigenvalue weighted by Gasteiger charge is -2.27. The number of hydrogen-bond acceptors (Lipinski definition) is 2. The van der Waals surface area contributed by atoms with Gasteiger partial charge in [0.2, 0.25) is 5.91 Å². The van der Waals surface area contributed by atoms with E-state index in [4.69, 9.17) is 0 Å². The fourth-order valence-electron chi connectivity index (χ4n) is 2.16. The third kappa shape index (κ3) is 3.41. The van der Waals surface area contributed by atoms with Crippen LogP contribution >= 0.6 is 12.6 Å². The highest BCUT2D eigenvalue weighted by Gasteiger charge is 2.37. The summed E-state index contributed by atoms with van der Waals surface area (Å²) in [6.45, 7) is 10.7. The molecular formula is C13H25NOS. The lowest BCUT2D eigenvalue weighted by Crippen LogP contribution is -2.32. The van der Waals surface area contributed by atoms with Gasteiger partial charge in [-0.3, -0.25) is 4.79 Å². The first kappa shape index (κ1) is 13.9. The zero-order valence-electron chi connectivity index (χ0n) is 11.0. The van der Waals surface area contributed by atoms with Gasteiger partial charge in [-0.2, -0.15) is 12.6 Å². The minimum Gasteiger partial charge on any atom is -0.342 e. The molecule has 0 aliphatic carbocycles. The van der Waals surface area contributed by atoms with E-state index in [1.807, 2.05) is 4.90 Å². The Morgan fingerprint density at radius 1 is 1.50 bits per heavy atom. The zero-order chi connectivity index (χ0) is 12.3. The maximum absolute atomic E-state index is 11.9. The van der Waals surface area contributed by atoms with Crippen LogP contribution in [0, 0.1) is 17.3 Å². The van der Waals surface area contributed by atoms with Gasteiger partial charge in [0, 0.05) is 19.5 Å². The van der Waals surface area contributed by atoms with Gasteiger partial charge < -0.3 is 4.90 Å². The molecule has 0 aromatic carbocycles. The van der Waals surface area contributed by atoms with E-state index in [2.05, 4.69) is 40.3 Å². The van der Waals surface area contributed by atoms with Crippen molar-refractivity contribution in [3.63, 3.8) is 0 Å². The predicted octanol–water partition coefficient (Wildman–Crippen LogP) is 2.84. The van der Waals surface area contributed by atoms with Crippen molar-refractivity contribution in [2.75, 3.05) is 18.8 Å². The third-order valence-corrected chi connectivity index (χ3v) is 4.27. The highest BCUT2D eigenvalue weighted by molar-refractivity contribution is 7.80. The van der Waals surface area contributed by atoms with Crippen LogP contribution in [-0.2, 0) is 4.79 Å². The molecule has 0 radical (unpaired) electrons. The summed E-state index contributed by atoms with van der Waals surface area (Å²) in [5, 5.41) is 0. The Bertz CT molecular complexity index is 243. The average Bonchev–Trinajstić information content (AvgIpc) is 2.56. The van der Waals surface area contributed by atoms with Crippen LogP contribution in [-0.4, -0.2) is 29.6 Å². The van der Waals surface area contributed by atoms with Gasteiger partial charge >= 0.3 is 0 Å². The van der Waals surface area contributed by atoms with Gasteiger partial charge in [-0.25, -0.2) is 0 Å². The number of rotatable bonds is 4. The Kier molecular flexibility index (Phi) is 4.72. The Balaban J connectivity index is 2.55. The van der Waals surface area contributed by atoms with Gasteiger partial charge in [-0.1, -0.05) is 34.1 Å². The Hall–Kier alpha value is -0.180. The van der Waals surface area contributed by atoms with Crippen molar-refractivity contribution >= 4 is 18.5 Å². The van der Waals surface area contributed by atoms with E-state index < -0.39 is 0 Å². The first-order valence-corrected chi connectivity index (χ1v) is 6.90. The minimum absolute atomic E-state index is 0.243. The molecule has 1 saturated heterocycles. The average molecular weight is 243 g/mol. The van der Waals surface area contributed by atoms with E-state index in [1.54, 1.807) is 0 Å². The van der Waals surface area contributed by atoms with Crippen LogP contribution in [0.15, 0.2) is 0 Å². The lowest BCUT2D eigenvalue weighted by molar-refractivity contribution is -0.128. The van der Waals surface area contributed by atoms with Gasteiger partial charge in [0.15, 0.2) is 0 Å². The topological polar surface area (TPSA) is 20.3 Å². The number of amides is 1. The molecule has 0 aromatic rings. The molecule has 2 unspecified atom stereocenters. The summed E-state index contributed by atoms with van der Waals surface area (Å²) in [5.74, 6) is 2.27. The quantitative estimate of drug-likeness (QED) is 0.753. The summed E-state index contributed by atoms with van der Waals surface area (Å²) < 4.78 is 0. The highest BCUT2D eigenvalue weighted by Crippen LogP contribution is 2.34. The Morgan fingerprint density at radius 2 is 2.12 bits per heavy atom. The molecule has 1 rings (SSSR count). The standard InChI is InChI=1S/C13H25NOS/c1-5-10(9-16)7-14-8-11(6-12(14)15)13(2,3)4/h10-11,16H,5-9H2,1-4H3. The third-order valence-electron chi connectivity index (χ3n) is 3.75. The second-order valence-corrected chi connectivity index (χ2v) is 6.39. The molecule has 1 heterocycles. The van der Waals surface area contributed by atoms with E-state index >= 15 is 0 Å². The van der Waals surface area contributed by atoms with Crippen LogP contribution in [0.2, 0.25) is 0 Å². The molecule has 16 heavy (non-hydrogen) atoms. The normalized spacial score (nSPS) is 23.9. The molecule has 0 bridgehead atoms. The van der Waals surface area contributed by atoms with E-state index in [9.17, 15) is 4.79 Å². The van der Waals surface area contributed by atoms with Crippen molar-refractivity contribution in [1.82, 2.24) is 4.90 Å². The van der Waals surface area contributed by atoms with E-state index in [0.29, 0.717) is 17.7 Å². The molecule has 0 saturated carbocycles. The van der Waals surface area contributed by atoms with E-state index in [1.165, 1.54) is 0 Å². The summed E-state index contributed by atoms with van der Waals surface area (Å²) in [7, 11) is 0. The molecule has 0 N–H and O–H groups in total. The number of thiol groups is 1. The largest absolute Gasteiger partial charge is 0.342 e. The molecule has 3 heteroatoms. The van der Waals surface area contributed by atoms with Crippen LogP contribution in [0.4, 0.5) is 0 Å². The highest BCUT2D eigenvalue weighted by atomic mass is 32.1. The van der Waals surface area contributed by atoms with Gasteiger partial charge in [0.1, 0.15) is 0 Å². The number of likely N-dealkylation sites (tertiary alicyclic amines) is 1. The lowest BCUT2D eigenvalue weighted by atomic mass is 9.80. The molecule has 1 fully saturated rings.